The van der Waals surface area contributed by atoms with Gasteiger partial charge in [0.05, 0.1) is 11.8 Å². The van der Waals surface area contributed by atoms with E-state index in [1.165, 1.54) is 11.2 Å². The molecule has 6 heteroatoms. The number of ketones is 1. The molecule has 1 aromatic heterocycles. The molecule has 2 aliphatic rings. The van der Waals surface area contributed by atoms with Gasteiger partial charge in [0.2, 0.25) is 0 Å². The molecular weight excluding hydrogens is 394 g/mol. The first-order valence-corrected chi connectivity index (χ1v) is 10.2. The summed E-state index contributed by atoms with van der Waals surface area (Å²) in [6.07, 6.45) is 2.28. The number of carbonyl (C=O) groups is 2. The van der Waals surface area contributed by atoms with Gasteiger partial charge in [-0.3, -0.25) is 9.59 Å². The van der Waals surface area contributed by atoms with Crippen LogP contribution < -0.4 is 4.74 Å². The molecule has 3 heterocycles. The Morgan fingerprint density at radius 2 is 1.90 bits per heavy atom. The molecule has 0 unspecified atom stereocenters. The van der Waals surface area contributed by atoms with E-state index in [0.717, 1.165) is 23.3 Å². The number of nitrogens with zero attached hydrogens (tertiary/aromatic N) is 1. The number of furan rings is 1. The van der Waals surface area contributed by atoms with Crippen molar-refractivity contribution < 1.29 is 23.8 Å². The monoisotopic (exact) mass is 415 g/mol. The summed E-state index contributed by atoms with van der Waals surface area (Å²) < 4.78 is 11.3. The number of hydrogen-bond acceptors (Lipinski definition) is 5. The van der Waals surface area contributed by atoms with Crippen LogP contribution in [0.1, 0.15) is 35.4 Å². The standard InChI is InChI=1S/C25H21NO5/c1-15-12-18-13-17(9-10-19(18)31-15)23(27)21-22(20-8-5-11-30-20)26(25(29)24(21)28)14-16-6-3-2-4-7-16/h2-11,13,15,22,27H,12,14H2,1H3/b23-21+/t15-,22-/m1/s1. The van der Waals surface area contributed by atoms with Crippen molar-refractivity contribution in [3.8, 4) is 5.75 Å². The van der Waals surface area contributed by atoms with E-state index in [2.05, 4.69) is 0 Å². The molecule has 156 valence electrons. The lowest BCUT2D eigenvalue weighted by atomic mass is 9.97. The lowest BCUT2D eigenvalue weighted by molar-refractivity contribution is -0.140. The van der Waals surface area contributed by atoms with Gasteiger partial charge in [0.25, 0.3) is 11.7 Å². The van der Waals surface area contributed by atoms with Gasteiger partial charge in [-0.25, -0.2) is 0 Å². The Labute approximate surface area is 179 Å². The van der Waals surface area contributed by atoms with E-state index >= 15 is 0 Å². The summed E-state index contributed by atoms with van der Waals surface area (Å²) in [5.41, 5.74) is 2.35. The number of carbonyl (C=O) groups excluding carboxylic acids is 2. The predicted molar refractivity (Wildman–Crippen MR) is 113 cm³/mol. The number of ether oxygens (including phenoxy) is 1. The van der Waals surface area contributed by atoms with Crippen LogP contribution in [0.15, 0.2) is 76.9 Å². The molecule has 31 heavy (non-hydrogen) atoms. The van der Waals surface area contributed by atoms with Crippen molar-refractivity contribution in [1.82, 2.24) is 4.90 Å². The van der Waals surface area contributed by atoms with Crippen molar-refractivity contribution in [3.05, 3.63) is 95.0 Å². The molecule has 0 aliphatic carbocycles. The zero-order valence-corrected chi connectivity index (χ0v) is 16.9. The Morgan fingerprint density at radius 1 is 1.10 bits per heavy atom. The van der Waals surface area contributed by atoms with Crippen LogP contribution in [-0.4, -0.2) is 27.8 Å². The summed E-state index contributed by atoms with van der Waals surface area (Å²) in [5.74, 6) is -0.395. The van der Waals surface area contributed by atoms with Crippen molar-refractivity contribution in [1.29, 1.82) is 0 Å². The van der Waals surface area contributed by atoms with E-state index in [1.807, 2.05) is 43.3 Å². The topological polar surface area (TPSA) is 80.0 Å². The van der Waals surface area contributed by atoms with E-state index in [4.69, 9.17) is 9.15 Å². The van der Waals surface area contributed by atoms with Gasteiger partial charge in [0.1, 0.15) is 29.4 Å². The normalized spacial score (nSPS) is 21.9. The highest BCUT2D eigenvalue weighted by atomic mass is 16.5. The van der Waals surface area contributed by atoms with Crippen LogP contribution >= 0.6 is 0 Å². The highest BCUT2D eigenvalue weighted by Crippen LogP contribution is 2.41. The summed E-state index contributed by atoms with van der Waals surface area (Å²) in [6.45, 7) is 2.20. The number of rotatable bonds is 4. The van der Waals surface area contributed by atoms with E-state index in [9.17, 15) is 14.7 Å². The number of hydrogen-bond donors (Lipinski definition) is 1. The number of amides is 1. The third kappa shape index (κ3) is 3.30. The molecule has 0 saturated carbocycles. The van der Waals surface area contributed by atoms with E-state index < -0.39 is 17.7 Å². The molecule has 2 atom stereocenters. The molecule has 6 nitrogen and oxygen atoms in total. The molecule has 2 aromatic carbocycles. The summed E-state index contributed by atoms with van der Waals surface area (Å²) in [5, 5.41) is 11.2. The largest absolute Gasteiger partial charge is 0.507 e. The SMILES string of the molecule is C[C@@H]1Cc2cc(/C(O)=C3\C(=O)C(=O)N(Cc4ccccc4)[C@@H]3c3ccco3)ccc2O1. The number of likely N-dealkylation sites (tertiary alicyclic amines) is 1. The molecule has 0 spiro atoms. The Kier molecular flexibility index (Phi) is 4.62. The maximum absolute atomic E-state index is 13.0. The summed E-state index contributed by atoms with van der Waals surface area (Å²) >= 11 is 0. The minimum Gasteiger partial charge on any atom is -0.507 e. The molecular formula is C25H21NO5. The lowest BCUT2D eigenvalue weighted by Gasteiger charge is -2.23. The fourth-order valence-corrected chi connectivity index (χ4v) is 4.29. The predicted octanol–water partition coefficient (Wildman–Crippen LogP) is 4.22. The first-order chi connectivity index (χ1) is 15.0. The van der Waals surface area contributed by atoms with E-state index in [-0.39, 0.29) is 24.0 Å². The third-order valence-corrected chi connectivity index (χ3v) is 5.72. The van der Waals surface area contributed by atoms with Gasteiger partial charge in [-0.2, -0.15) is 0 Å². The van der Waals surface area contributed by atoms with Gasteiger partial charge in [-0.05, 0) is 48.4 Å². The van der Waals surface area contributed by atoms with Crippen LogP contribution in [0.4, 0.5) is 0 Å². The molecule has 1 N–H and O–H groups in total. The average Bonchev–Trinajstić information content (AvgIpc) is 3.48. The van der Waals surface area contributed by atoms with Crippen LogP contribution in [0.25, 0.3) is 5.76 Å². The summed E-state index contributed by atoms with van der Waals surface area (Å²) in [4.78, 5) is 27.4. The van der Waals surface area contributed by atoms with Crippen LogP contribution in [0.2, 0.25) is 0 Å². The van der Waals surface area contributed by atoms with Gasteiger partial charge in [0, 0.05) is 18.5 Å². The summed E-state index contributed by atoms with van der Waals surface area (Å²) in [6, 6.07) is 17.3. The number of fused-ring (bicyclic) bond motifs is 1. The molecule has 2 aliphatic heterocycles. The van der Waals surface area contributed by atoms with Gasteiger partial charge >= 0.3 is 0 Å². The van der Waals surface area contributed by atoms with Crippen molar-refractivity contribution in [2.24, 2.45) is 0 Å². The van der Waals surface area contributed by atoms with Gasteiger partial charge in [-0.15, -0.1) is 0 Å². The highest BCUT2D eigenvalue weighted by Gasteiger charge is 2.47. The zero-order chi connectivity index (χ0) is 21.5. The van der Waals surface area contributed by atoms with Gasteiger partial charge in [-0.1, -0.05) is 30.3 Å². The van der Waals surface area contributed by atoms with Crippen LogP contribution in [0, 0.1) is 0 Å². The van der Waals surface area contributed by atoms with Crippen molar-refractivity contribution in [2.75, 3.05) is 0 Å². The molecule has 3 aromatic rings. The number of benzene rings is 2. The average molecular weight is 415 g/mol. The maximum atomic E-state index is 13.0. The van der Waals surface area contributed by atoms with Crippen molar-refractivity contribution >= 4 is 17.4 Å². The van der Waals surface area contributed by atoms with E-state index in [1.54, 1.807) is 24.3 Å². The Hall–Kier alpha value is -3.80. The highest BCUT2D eigenvalue weighted by molar-refractivity contribution is 6.46. The molecule has 0 bridgehead atoms. The fourth-order valence-electron chi connectivity index (χ4n) is 4.29. The number of aliphatic hydroxyl groups excluding tert-OH is 1. The van der Waals surface area contributed by atoms with Crippen molar-refractivity contribution in [3.63, 3.8) is 0 Å². The smallest absolute Gasteiger partial charge is 0.296 e. The maximum Gasteiger partial charge on any atom is 0.296 e. The fraction of sp³-hybridized carbons (Fsp3) is 0.200. The molecule has 1 fully saturated rings. The van der Waals surface area contributed by atoms with Gasteiger partial charge in [0.15, 0.2) is 0 Å². The van der Waals surface area contributed by atoms with Crippen LogP contribution in [-0.2, 0) is 22.6 Å². The molecule has 1 saturated heterocycles. The Balaban J connectivity index is 1.60. The minimum absolute atomic E-state index is 0.0304. The lowest BCUT2D eigenvalue weighted by Crippen LogP contribution is -2.29. The second-order valence-corrected chi connectivity index (χ2v) is 7.88. The second-order valence-electron chi connectivity index (χ2n) is 7.88. The molecule has 0 radical (unpaired) electrons. The van der Waals surface area contributed by atoms with Crippen molar-refractivity contribution in [2.45, 2.75) is 32.0 Å². The molecule has 5 rings (SSSR count). The van der Waals surface area contributed by atoms with Crippen LogP contribution in [0.3, 0.4) is 0 Å². The number of aliphatic hydroxyl groups is 1. The van der Waals surface area contributed by atoms with E-state index in [0.29, 0.717) is 11.3 Å². The molecule has 1 amide bonds. The first-order valence-electron chi connectivity index (χ1n) is 10.2. The quantitative estimate of drug-likeness (QED) is 0.392. The Morgan fingerprint density at radius 3 is 2.65 bits per heavy atom. The first kappa shape index (κ1) is 19.2. The van der Waals surface area contributed by atoms with Crippen LogP contribution in [0.5, 0.6) is 5.75 Å². The summed E-state index contributed by atoms with van der Waals surface area (Å²) in [7, 11) is 0. The Bertz CT molecular complexity index is 1180. The minimum atomic E-state index is -0.807. The second kappa shape index (κ2) is 7.47. The van der Waals surface area contributed by atoms with Gasteiger partial charge < -0.3 is 19.2 Å². The number of Topliss-reactive ketones (excluding diaryl/α,β-unsaturated/α-hetero) is 1. The zero-order valence-electron chi connectivity index (χ0n) is 16.9. The third-order valence-electron chi connectivity index (χ3n) is 5.72.